The van der Waals surface area contributed by atoms with Gasteiger partial charge in [-0.2, -0.15) is 18.3 Å². The van der Waals surface area contributed by atoms with Crippen LogP contribution in [-0.4, -0.2) is 30.4 Å². The summed E-state index contributed by atoms with van der Waals surface area (Å²) >= 11 is 5.97. The fourth-order valence-corrected chi connectivity index (χ4v) is 4.43. The van der Waals surface area contributed by atoms with Gasteiger partial charge >= 0.3 is 6.18 Å². The van der Waals surface area contributed by atoms with E-state index in [-0.39, 0.29) is 12.2 Å². The molecule has 0 aliphatic carbocycles. The van der Waals surface area contributed by atoms with Crippen LogP contribution in [0.3, 0.4) is 0 Å². The Hall–Kier alpha value is -2.89. The lowest BCUT2D eigenvalue weighted by atomic mass is 9.96. The first-order chi connectivity index (χ1) is 16.2. The molecule has 0 saturated heterocycles. The second-order valence-electron chi connectivity index (χ2n) is 8.22. The Morgan fingerprint density at radius 3 is 2.46 bits per heavy atom. The van der Waals surface area contributed by atoms with Gasteiger partial charge in [-0.15, -0.1) is 0 Å². The van der Waals surface area contributed by atoms with Gasteiger partial charge in [0.15, 0.2) is 15.5 Å². The van der Waals surface area contributed by atoms with E-state index >= 15 is 0 Å². The van der Waals surface area contributed by atoms with E-state index in [0.29, 0.717) is 27.4 Å². The number of hydrogen-bond donors (Lipinski definition) is 2. The Kier molecular flexibility index (Phi) is 7.63. The Labute approximate surface area is 206 Å². The molecule has 0 bridgehead atoms. The zero-order chi connectivity index (χ0) is 26.1. The van der Waals surface area contributed by atoms with E-state index in [1.165, 1.54) is 6.07 Å². The number of aromatic nitrogens is 2. The van der Waals surface area contributed by atoms with Crippen molar-refractivity contribution in [1.29, 1.82) is 0 Å². The number of halogens is 4. The molecule has 0 aliphatic heterocycles. The number of aryl methyl sites for hydroxylation is 1. The van der Waals surface area contributed by atoms with E-state index in [1.807, 2.05) is 0 Å². The highest BCUT2D eigenvalue weighted by Crippen LogP contribution is 2.30. The summed E-state index contributed by atoms with van der Waals surface area (Å²) in [6, 6.07) is 11.9. The number of nitrogens with zero attached hydrogens (tertiary/aromatic N) is 2. The highest BCUT2D eigenvalue weighted by atomic mass is 35.5. The zero-order valence-electron chi connectivity index (χ0n) is 19.1. The summed E-state index contributed by atoms with van der Waals surface area (Å²) in [5, 5.41) is 5.44. The molecule has 2 aromatic carbocycles. The molecule has 0 fully saturated rings. The van der Waals surface area contributed by atoms with Crippen molar-refractivity contribution in [2.45, 2.75) is 37.9 Å². The monoisotopic (exact) mass is 528 g/mol. The molecule has 0 radical (unpaired) electrons. The summed E-state index contributed by atoms with van der Waals surface area (Å²) in [5.74, 6) is -1.10. The molecule has 188 valence electrons. The Morgan fingerprint density at radius 2 is 1.89 bits per heavy atom. The van der Waals surface area contributed by atoms with Gasteiger partial charge in [0.1, 0.15) is 5.37 Å². The zero-order valence-corrected chi connectivity index (χ0v) is 20.7. The molecule has 2 unspecified atom stereocenters. The average molecular weight is 529 g/mol. The van der Waals surface area contributed by atoms with Crippen molar-refractivity contribution in [2.24, 2.45) is 5.73 Å². The molecule has 1 amide bonds. The first-order valence-electron chi connectivity index (χ1n) is 10.4. The third-order valence-electron chi connectivity index (χ3n) is 5.52. The molecule has 35 heavy (non-hydrogen) atoms. The van der Waals surface area contributed by atoms with Crippen LogP contribution < -0.4 is 11.1 Å². The summed E-state index contributed by atoms with van der Waals surface area (Å²) < 4.78 is 64.5. The van der Waals surface area contributed by atoms with Crippen LogP contribution in [0.4, 0.5) is 13.2 Å². The lowest BCUT2D eigenvalue weighted by molar-refractivity contribution is -0.141. The van der Waals surface area contributed by atoms with Gasteiger partial charge < -0.3 is 11.1 Å². The third-order valence-corrected chi connectivity index (χ3v) is 6.94. The molecule has 0 saturated carbocycles. The van der Waals surface area contributed by atoms with Gasteiger partial charge in [-0.05, 0) is 54.8 Å². The highest BCUT2D eigenvalue weighted by molar-refractivity contribution is 7.90. The van der Waals surface area contributed by atoms with Gasteiger partial charge in [-0.25, -0.2) is 13.1 Å². The van der Waals surface area contributed by atoms with Crippen LogP contribution in [-0.2, 0) is 27.4 Å². The summed E-state index contributed by atoms with van der Waals surface area (Å²) in [4.78, 5) is 12.8. The second kappa shape index (κ2) is 10.00. The predicted molar refractivity (Wildman–Crippen MR) is 127 cm³/mol. The number of amides is 1. The van der Waals surface area contributed by atoms with E-state index < -0.39 is 38.9 Å². The standard InChI is InChI=1S/C23H24ClF3N4O3S/c1-13-9-15(7-8-19(13)21(28)35(3,33)34)14(2)22(32)29-12-18-11-20(23(25,26)27)30-31(18)17-6-4-5-16(24)10-17/h4-11,14,21H,12,28H2,1-3H3,(H,29,32). The summed E-state index contributed by atoms with van der Waals surface area (Å²) in [6.07, 6.45) is -3.62. The van der Waals surface area contributed by atoms with E-state index in [2.05, 4.69) is 10.4 Å². The van der Waals surface area contributed by atoms with E-state index in [0.717, 1.165) is 17.0 Å². The first kappa shape index (κ1) is 26.7. The fraction of sp³-hybridized carbons (Fsp3) is 0.304. The quantitative estimate of drug-likeness (QED) is 0.476. The predicted octanol–water partition coefficient (Wildman–Crippen LogP) is 4.27. The molecular formula is C23H24ClF3N4O3S. The minimum absolute atomic E-state index is 0.116. The number of carbonyl (C=O) groups excluding carboxylic acids is 1. The normalized spacial score (nSPS) is 13.9. The molecule has 1 heterocycles. The maximum atomic E-state index is 13.3. The van der Waals surface area contributed by atoms with E-state index in [1.54, 1.807) is 50.2 Å². The molecule has 0 aliphatic rings. The molecular weight excluding hydrogens is 505 g/mol. The molecule has 3 rings (SSSR count). The van der Waals surface area contributed by atoms with E-state index in [4.69, 9.17) is 17.3 Å². The topological polar surface area (TPSA) is 107 Å². The number of rotatable bonds is 7. The van der Waals surface area contributed by atoms with Crippen molar-refractivity contribution in [2.75, 3.05) is 6.26 Å². The van der Waals surface area contributed by atoms with E-state index in [9.17, 15) is 26.4 Å². The van der Waals surface area contributed by atoms with Gasteiger partial charge in [0.25, 0.3) is 0 Å². The largest absolute Gasteiger partial charge is 0.435 e. The second-order valence-corrected chi connectivity index (χ2v) is 10.8. The lowest BCUT2D eigenvalue weighted by Gasteiger charge is -2.17. The number of benzene rings is 2. The smallest absolute Gasteiger partial charge is 0.350 e. The minimum atomic E-state index is -4.66. The fourth-order valence-electron chi connectivity index (χ4n) is 3.52. The molecule has 2 atom stereocenters. The van der Waals surface area contributed by atoms with Crippen molar-refractivity contribution >= 4 is 27.3 Å². The molecule has 0 spiro atoms. The average Bonchev–Trinajstić information content (AvgIpc) is 3.20. The number of nitrogens with two attached hydrogens (primary N) is 1. The van der Waals surface area contributed by atoms with Gasteiger partial charge in [0, 0.05) is 11.3 Å². The summed E-state index contributed by atoms with van der Waals surface area (Å²) in [7, 11) is -3.50. The summed E-state index contributed by atoms with van der Waals surface area (Å²) in [5.41, 5.74) is 6.78. The number of nitrogens with one attached hydrogen (secondary N) is 1. The Balaban J connectivity index is 1.82. The molecule has 3 aromatic rings. The molecule has 12 heteroatoms. The van der Waals surface area contributed by atoms with Crippen molar-refractivity contribution in [3.8, 4) is 5.69 Å². The molecule has 3 N–H and O–H groups in total. The van der Waals surface area contributed by atoms with Crippen molar-refractivity contribution in [3.05, 3.63) is 81.6 Å². The highest BCUT2D eigenvalue weighted by Gasteiger charge is 2.35. The van der Waals surface area contributed by atoms with Crippen molar-refractivity contribution in [1.82, 2.24) is 15.1 Å². The SMILES string of the molecule is Cc1cc(C(C)C(=O)NCc2cc(C(F)(F)F)nn2-c2cccc(Cl)c2)ccc1C(N)S(C)(=O)=O. The first-order valence-corrected chi connectivity index (χ1v) is 12.8. The Bertz CT molecular complexity index is 1360. The van der Waals surface area contributed by atoms with Gasteiger partial charge in [-0.3, -0.25) is 4.79 Å². The van der Waals surface area contributed by atoms with Crippen LogP contribution in [0, 0.1) is 6.92 Å². The minimum Gasteiger partial charge on any atom is -0.350 e. The lowest BCUT2D eigenvalue weighted by Crippen LogP contribution is -2.28. The van der Waals surface area contributed by atoms with Gasteiger partial charge in [0.2, 0.25) is 5.91 Å². The van der Waals surface area contributed by atoms with Crippen molar-refractivity contribution < 1.29 is 26.4 Å². The number of hydrogen-bond acceptors (Lipinski definition) is 5. The van der Waals surface area contributed by atoms with Crippen LogP contribution in [0.1, 0.15) is 46.3 Å². The van der Waals surface area contributed by atoms with Crippen LogP contribution in [0.5, 0.6) is 0 Å². The molecule has 7 nitrogen and oxygen atoms in total. The maximum Gasteiger partial charge on any atom is 0.435 e. The summed E-state index contributed by atoms with van der Waals surface area (Å²) in [6.45, 7) is 3.11. The van der Waals surface area contributed by atoms with Gasteiger partial charge in [0.05, 0.1) is 23.8 Å². The number of carbonyl (C=O) groups is 1. The number of sulfone groups is 1. The van der Waals surface area contributed by atoms with Crippen LogP contribution in [0.25, 0.3) is 5.69 Å². The van der Waals surface area contributed by atoms with Crippen LogP contribution >= 0.6 is 11.6 Å². The number of alkyl halides is 3. The van der Waals surface area contributed by atoms with Crippen molar-refractivity contribution in [3.63, 3.8) is 0 Å². The van der Waals surface area contributed by atoms with Crippen LogP contribution in [0.15, 0.2) is 48.5 Å². The molecule has 1 aromatic heterocycles. The van der Waals surface area contributed by atoms with Crippen LogP contribution in [0.2, 0.25) is 5.02 Å². The third kappa shape index (κ3) is 6.22. The Morgan fingerprint density at radius 1 is 1.20 bits per heavy atom. The maximum absolute atomic E-state index is 13.3. The van der Waals surface area contributed by atoms with Gasteiger partial charge in [-0.1, -0.05) is 35.9 Å².